The van der Waals surface area contributed by atoms with Crippen LogP contribution in [0.5, 0.6) is 5.75 Å². The molecule has 1 amide bonds. The molecule has 0 aromatic heterocycles. The van der Waals surface area contributed by atoms with Crippen LogP contribution in [0.4, 0.5) is 0 Å². The van der Waals surface area contributed by atoms with Crippen LogP contribution < -0.4 is 4.74 Å². The maximum atomic E-state index is 13.0. The number of hydrogen-bond donors (Lipinski definition) is 1. The van der Waals surface area contributed by atoms with Gasteiger partial charge in [-0.3, -0.25) is 9.69 Å². The highest BCUT2D eigenvalue weighted by molar-refractivity contribution is 8.26. The molecule has 1 N–H and O–H groups in total. The van der Waals surface area contributed by atoms with Crippen molar-refractivity contribution >= 4 is 46.3 Å². The Kier molecular flexibility index (Phi) is 6.85. The summed E-state index contributed by atoms with van der Waals surface area (Å²) in [5.74, 6) is -0.903. The maximum Gasteiger partial charge on any atom is 0.327 e. The van der Waals surface area contributed by atoms with E-state index in [1.165, 1.54) is 4.90 Å². The summed E-state index contributed by atoms with van der Waals surface area (Å²) < 4.78 is 5.86. The summed E-state index contributed by atoms with van der Waals surface area (Å²) in [4.78, 5) is 26.5. The second kappa shape index (κ2) is 9.54. The van der Waals surface area contributed by atoms with Gasteiger partial charge in [-0.1, -0.05) is 85.2 Å². The van der Waals surface area contributed by atoms with Crippen molar-refractivity contribution in [2.24, 2.45) is 0 Å². The molecule has 1 aliphatic rings. The lowest BCUT2D eigenvalue weighted by Crippen LogP contribution is -2.45. The largest absolute Gasteiger partial charge is 0.489 e. The van der Waals surface area contributed by atoms with Crippen molar-refractivity contribution in [1.29, 1.82) is 0 Å². The lowest BCUT2D eigenvalue weighted by molar-refractivity contribution is -0.145. The third-order valence-electron chi connectivity index (χ3n) is 4.25. The minimum atomic E-state index is -1.10. The van der Waals surface area contributed by atoms with Gasteiger partial charge in [0.1, 0.15) is 22.7 Å². The first-order valence-electron chi connectivity index (χ1n) is 8.87. The van der Waals surface area contributed by atoms with E-state index in [0.717, 1.165) is 17.3 Å². The van der Waals surface area contributed by atoms with E-state index in [9.17, 15) is 14.7 Å². The quantitative estimate of drug-likeness (QED) is 0.389. The number of nitrogens with zero attached hydrogens (tertiary/aromatic N) is 1. The van der Waals surface area contributed by atoms with Gasteiger partial charge in [0.2, 0.25) is 0 Å². The second-order valence-electron chi connectivity index (χ2n) is 6.23. The number of carbonyl (C=O) groups excluding carboxylic acids is 1. The summed E-state index contributed by atoms with van der Waals surface area (Å²) in [5, 5.41) is 9.74. The number of aliphatic carboxylic acids is 1. The highest BCUT2D eigenvalue weighted by Crippen LogP contribution is 2.36. The summed E-state index contributed by atoms with van der Waals surface area (Å²) in [6.07, 6.45) is 3.49. The van der Waals surface area contributed by atoms with E-state index in [0.29, 0.717) is 22.8 Å². The molecule has 0 bridgehead atoms. The number of para-hydroxylation sites is 1. The lowest BCUT2D eigenvalue weighted by Gasteiger charge is -2.23. The Balaban J connectivity index is 1.88. The molecule has 1 atom stereocenters. The first-order valence-corrected chi connectivity index (χ1v) is 10.1. The van der Waals surface area contributed by atoms with Crippen LogP contribution in [0.25, 0.3) is 6.08 Å². The molecule has 1 aliphatic heterocycles. The molecule has 29 heavy (non-hydrogen) atoms. The average Bonchev–Trinajstić information content (AvgIpc) is 2.99. The van der Waals surface area contributed by atoms with E-state index >= 15 is 0 Å². The van der Waals surface area contributed by atoms with Crippen molar-refractivity contribution in [2.75, 3.05) is 6.61 Å². The van der Waals surface area contributed by atoms with Crippen LogP contribution in [-0.2, 0) is 16.0 Å². The van der Waals surface area contributed by atoms with Crippen molar-refractivity contribution in [2.45, 2.75) is 12.5 Å². The van der Waals surface area contributed by atoms with Crippen molar-refractivity contribution in [3.8, 4) is 5.75 Å². The minimum Gasteiger partial charge on any atom is -0.489 e. The highest BCUT2D eigenvalue weighted by Gasteiger charge is 2.40. The van der Waals surface area contributed by atoms with E-state index in [1.54, 1.807) is 18.2 Å². The summed E-state index contributed by atoms with van der Waals surface area (Å²) >= 11 is 6.44. The van der Waals surface area contributed by atoms with E-state index < -0.39 is 17.9 Å². The molecule has 2 aromatic rings. The van der Waals surface area contributed by atoms with Crippen LogP contribution in [0.15, 0.2) is 72.2 Å². The number of carboxylic acids is 1. The normalized spacial score (nSPS) is 16.1. The fourth-order valence-corrected chi connectivity index (χ4v) is 4.24. The van der Waals surface area contributed by atoms with Gasteiger partial charge in [0.25, 0.3) is 5.91 Å². The summed E-state index contributed by atoms with van der Waals surface area (Å²) in [6, 6.07) is 15.4. The number of rotatable bonds is 8. The third-order valence-corrected chi connectivity index (χ3v) is 5.58. The predicted octanol–water partition coefficient (Wildman–Crippen LogP) is 4.15. The molecule has 1 fully saturated rings. The number of carboxylic acid groups (broad SMARTS) is 1. The van der Waals surface area contributed by atoms with Gasteiger partial charge in [-0.2, -0.15) is 0 Å². The van der Waals surface area contributed by atoms with Crippen LogP contribution in [0.1, 0.15) is 11.1 Å². The zero-order valence-electron chi connectivity index (χ0n) is 15.5. The molecule has 1 unspecified atom stereocenters. The topological polar surface area (TPSA) is 66.8 Å². The molecular weight excluding hydrogens is 406 g/mol. The fourth-order valence-electron chi connectivity index (χ4n) is 2.90. The molecular formula is C22H19NO4S2. The Morgan fingerprint density at radius 2 is 1.90 bits per heavy atom. The Morgan fingerprint density at radius 3 is 2.59 bits per heavy atom. The Labute approximate surface area is 178 Å². The van der Waals surface area contributed by atoms with E-state index in [-0.39, 0.29) is 10.7 Å². The zero-order valence-corrected chi connectivity index (χ0v) is 17.1. The zero-order chi connectivity index (χ0) is 20.8. The van der Waals surface area contributed by atoms with Crippen LogP contribution in [-0.4, -0.2) is 38.9 Å². The van der Waals surface area contributed by atoms with Crippen molar-refractivity contribution < 1.29 is 19.4 Å². The third kappa shape index (κ3) is 4.93. The van der Waals surface area contributed by atoms with Gasteiger partial charge in [0.05, 0.1) is 4.91 Å². The summed E-state index contributed by atoms with van der Waals surface area (Å²) in [7, 11) is 0. The standard InChI is InChI=1S/C22H19NO4S2/c1-2-12-27-18-11-7-6-10-16(18)14-19-20(24)23(22(28)29-19)17(21(25)26)13-15-8-4-3-5-9-15/h2-11,14,17H,1,12-13H2,(H,25,26). The van der Waals surface area contributed by atoms with Crippen molar-refractivity contribution in [1.82, 2.24) is 4.90 Å². The number of amides is 1. The molecule has 1 heterocycles. The predicted molar refractivity (Wildman–Crippen MR) is 119 cm³/mol. The number of thioether (sulfide) groups is 1. The Bertz CT molecular complexity index is 972. The fraction of sp³-hybridized carbons (Fsp3) is 0.136. The number of hydrogen-bond acceptors (Lipinski definition) is 5. The van der Waals surface area contributed by atoms with Gasteiger partial charge in [0.15, 0.2) is 0 Å². The number of ether oxygens (including phenoxy) is 1. The average molecular weight is 426 g/mol. The molecule has 0 spiro atoms. The van der Waals surface area contributed by atoms with Gasteiger partial charge in [-0.05, 0) is 17.7 Å². The van der Waals surface area contributed by atoms with Gasteiger partial charge in [-0.15, -0.1) is 0 Å². The first kappa shape index (κ1) is 20.8. The highest BCUT2D eigenvalue weighted by atomic mass is 32.2. The Morgan fingerprint density at radius 1 is 1.21 bits per heavy atom. The molecule has 0 saturated carbocycles. The molecule has 3 rings (SSSR count). The molecule has 7 heteroatoms. The number of thiocarbonyl (C=S) groups is 1. The van der Waals surface area contributed by atoms with Gasteiger partial charge >= 0.3 is 5.97 Å². The van der Waals surface area contributed by atoms with Crippen molar-refractivity contribution in [3.63, 3.8) is 0 Å². The molecule has 0 radical (unpaired) electrons. The SMILES string of the molecule is C=CCOc1ccccc1C=C1SC(=S)N(C(Cc2ccccc2)C(=O)O)C1=O. The molecule has 1 saturated heterocycles. The van der Waals surface area contributed by atoms with Gasteiger partial charge < -0.3 is 9.84 Å². The number of benzene rings is 2. The molecule has 148 valence electrons. The first-order chi connectivity index (χ1) is 14.0. The number of carbonyl (C=O) groups is 2. The van der Waals surface area contributed by atoms with E-state index in [4.69, 9.17) is 17.0 Å². The molecule has 0 aliphatic carbocycles. The minimum absolute atomic E-state index is 0.176. The van der Waals surface area contributed by atoms with Crippen LogP contribution >= 0.6 is 24.0 Å². The molecule has 2 aromatic carbocycles. The van der Waals surface area contributed by atoms with Crippen LogP contribution in [0.3, 0.4) is 0 Å². The van der Waals surface area contributed by atoms with Crippen LogP contribution in [0, 0.1) is 0 Å². The maximum absolute atomic E-state index is 13.0. The lowest BCUT2D eigenvalue weighted by atomic mass is 10.0. The summed E-state index contributed by atoms with van der Waals surface area (Å²) in [5.41, 5.74) is 1.53. The van der Waals surface area contributed by atoms with Gasteiger partial charge in [0, 0.05) is 12.0 Å². The van der Waals surface area contributed by atoms with E-state index in [2.05, 4.69) is 6.58 Å². The summed E-state index contributed by atoms with van der Waals surface area (Å²) in [6.45, 7) is 3.97. The Hall–Kier alpha value is -2.90. The molecule has 5 nitrogen and oxygen atoms in total. The van der Waals surface area contributed by atoms with Crippen molar-refractivity contribution in [3.05, 3.63) is 83.3 Å². The van der Waals surface area contributed by atoms with Crippen LogP contribution in [0.2, 0.25) is 0 Å². The monoisotopic (exact) mass is 425 g/mol. The second-order valence-corrected chi connectivity index (χ2v) is 7.91. The van der Waals surface area contributed by atoms with Gasteiger partial charge in [-0.25, -0.2) is 4.79 Å². The smallest absolute Gasteiger partial charge is 0.327 e. The van der Waals surface area contributed by atoms with E-state index in [1.807, 2.05) is 48.5 Å².